The molecule has 1 aromatic rings. The maximum absolute atomic E-state index is 6.08. The Hall–Kier alpha value is -0.530. The van der Waals surface area contributed by atoms with E-state index in [0.717, 1.165) is 11.6 Å². The number of rotatable bonds is 10. The summed E-state index contributed by atoms with van der Waals surface area (Å²) in [6, 6.07) is 8.71. The van der Waals surface area contributed by atoms with Crippen molar-refractivity contribution in [2.45, 2.75) is 64.8 Å². The molecule has 0 fully saturated rings. The normalized spacial score (nSPS) is 12.6. The molecule has 0 aliphatic heterocycles. The van der Waals surface area contributed by atoms with Gasteiger partial charge in [0.1, 0.15) is 0 Å². The van der Waals surface area contributed by atoms with Crippen LogP contribution in [0.25, 0.3) is 0 Å². The minimum atomic E-state index is 0.454. The summed E-state index contributed by atoms with van der Waals surface area (Å²) in [7, 11) is 0. The molecule has 0 aliphatic rings. The monoisotopic (exact) mass is 281 g/mol. The van der Waals surface area contributed by atoms with E-state index in [-0.39, 0.29) is 0 Å². The molecule has 0 amide bonds. The number of benzene rings is 1. The van der Waals surface area contributed by atoms with Gasteiger partial charge in [-0.1, -0.05) is 76.1 Å². The molecule has 1 unspecified atom stereocenters. The fourth-order valence-corrected chi connectivity index (χ4v) is 2.68. The molecule has 0 aliphatic carbocycles. The first-order valence-electron chi connectivity index (χ1n) is 7.76. The van der Waals surface area contributed by atoms with Crippen molar-refractivity contribution in [1.82, 2.24) is 5.32 Å². The maximum Gasteiger partial charge on any atom is 0.0409 e. The van der Waals surface area contributed by atoms with Gasteiger partial charge in [-0.3, -0.25) is 0 Å². The van der Waals surface area contributed by atoms with Crippen LogP contribution in [0, 0.1) is 0 Å². The van der Waals surface area contributed by atoms with Crippen LogP contribution in [0.2, 0.25) is 5.02 Å². The lowest BCUT2D eigenvalue weighted by atomic mass is 9.99. The van der Waals surface area contributed by atoms with E-state index in [2.05, 4.69) is 31.3 Å². The van der Waals surface area contributed by atoms with Crippen LogP contribution in [0.5, 0.6) is 0 Å². The molecule has 108 valence electrons. The topological polar surface area (TPSA) is 12.0 Å². The zero-order chi connectivity index (χ0) is 13.9. The molecule has 1 rings (SSSR count). The standard InChI is InChI=1S/C17H28ClN/c1-3-5-6-7-8-9-13-17(19-4-2)15-11-10-12-16(18)14-15/h10-12,14,17,19H,3-9,13H2,1-2H3. The highest BCUT2D eigenvalue weighted by Gasteiger charge is 2.09. The third-order valence-corrected chi connectivity index (χ3v) is 3.78. The van der Waals surface area contributed by atoms with Crippen LogP contribution in [0.15, 0.2) is 24.3 Å². The van der Waals surface area contributed by atoms with E-state index in [1.54, 1.807) is 0 Å². The summed E-state index contributed by atoms with van der Waals surface area (Å²) in [6.07, 6.45) is 9.33. The van der Waals surface area contributed by atoms with Crippen molar-refractivity contribution < 1.29 is 0 Å². The van der Waals surface area contributed by atoms with E-state index in [9.17, 15) is 0 Å². The van der Waals surface area contributed by atoms with Gasteiger partial charge in [-0.05, 0) is 30.7 Å². The summed E-state index contributed by atoms with van der Waals surface area (Å²) in [6.45, 7) is 5.44. The zero-order valence-corrected chi connectivity index (χ0v) is 13.2. The van der Waals surface area contributed by atoms with Gasteiger partial charge in [-0.2, -0.15) is 0 Å². The second-order valence-electron chi connectivity index (χ2n) is 5.22. The Balaban J connectivity index is 2.36. The highest BCUT2D eigenvalue weighted by molar-refractivity contribution is 6.30. The van der Waals surface area contributed by atoms with E-state index >= 15 is 0 Å². The van der Waals surface area contributed by atoms with Gasteiger partial charge in [0.25, 0.3) is 0 Å². The smallest absolute Gasteiger partial charge is 0.0409 e. The largest absolute Gasteiger partial charge is 0.310 e. The average Bonchev–Trinajstić information content (AvgIpc) is 2.41. The highest BCUT2D eigenvalue weighted by atomic mass is 35.5. The minimum Gasteiger partial charge on any atom is -0.310 e. The summed E-state index contributed by atoms with van der Waals surface area (Å²) in [4.78, 5) is 0. The maximum atomic E-state index is 6.08. The van der Waals surface area contributed by atoms with Crippen molar-refractivity contribution in [3.63, 3.8) is 0 Å². The van der Waals surface area contributed by atoms with Crippen molar-refractivity contribution in [2.24, 2.45) is 0 Å². The average molecular weight is 282 g/mol. The zero-order valence-electron chi connectivity index (χ0n) is 12.4. The molecular formula is C17H28ClN. The number of halogens is 1. The molecule has 0 spiro atoms. The molecule has 1 atom stereocenters. The second-order valence-corrected chi connectivity index (χ2v) is 5.66. The molecule has 1 N–H and O–H groups in total. The fraction of sp³-hybridized carbons (Fsp3) is 0.647. The van der Waals surface area contributed by atoms with Crippen LogP contribution < -0.4 is 5.32 Å². The van der Waals surface area contributed by atoms with Gasteiger partial charge in [-0.15, -0.1) is 0 Å². The van der Waals surface area contributed by atoms with Crippen LogP contribution >= 0.6 is 11.6 Å². The minimum absolute atomic E-state index is 0.454. The van der Waals surface area contributed by atoms with Crippen molar-refractivity contribution in [2.75, 3.05) is 6.54 Å². The van der Waals surface area contributed by atoms with Crippen molar-refractivity contribution in [1.29, 1.82) is 0 Å². The second kappa shape index (κ2) is 10.3. The fourth-order valence-electron chi connectivity index (χ4n) is 2.49. The summed E-state index contributed by atoms with van der Waals surface area (Å²) >= 11 is 6.08. The Bertz CT molecular complexity index is 338. The van der Waals surface area contributed by atoms with Crippen LogP contribution in [-0.2, 0) is 0 Å². The van der Waals surface area contributed by atoms with E-state index in [4.69, 9.17) is 11.6 Å². The molecule has 0 bridgehead atoms. The van der Waals surface area contributed by atoms with E-state index in [1.807, 2.05) is 12.1 Å². The van der Waals surface area contributed by atoms with E-state index in [0.29, 0.717) is 6.04 Å². The Morgan fingerprint density at radius 1 is 1.05 bits per heavy atom. The molecule has 0 saturated heterocycles. The molecule has 1 nitrogen and oxygen atoms in total. The number of hydrogen-bond donors (Lipinski definition) is 1. The van der Waals surface area contributed by atoms with E-state index in [1.165, 1.54) is 50.5 Å². The van der Waals surface area contributed by atoms with Crippen LogP contribution in [0.1, 0.15) is 70.4 Å². The summed E-state index contributed by atoms with van der Waals surface area (Å²) in [5.41, 5.74) is 1.32. The molecule has 0 aromatic heterocycles. The quantitative estimate of drug-likeness (QED) is 0.539. The van der Waals surface area contributed by atoms with Gasteiger partial charge in [-0.25, -0.2) is 0 Å². The Morgan fingerprint density at radius 3 is 2.47 bits per heavy atom. The first-order valence-corrected chi connectivity index (χ1v) is 8.14. The highest BCUT2D eigenvalue weighted by Crippen LogP contribution is 2.23. The van der Waals surface area contributed by atoms with Crippen molar-refractivity contribution in [3.8, 4) is 0 Å². The van der Waals surface area contributed by atoms with E-state index < -0.39 is 0 Å². The predicted molar refractivity (Wildman–Crippen MR) is 85.9 cm³/mol. The number of hydrogen-bond acceptors (Lipinski definition) is 1. The lowest BCUT2D eigenvalue weighted by molar-refractivity contribution is 0.477. The number of nitrogens with one attached hydrogen (secondary N) is 1. The van der Waals surface area contributed by atoms with Crippen molar-refractivity contribution >= 4 is 11.6 Å². The lowest BCUT2D eigenvalue weighted by Gasteiger charge is -2.18. The number of unbranched alkanes of at least 4 members (excludes halogenated alkanes) is 5. The van der Waals surface area contributed by atoms with Gasteiger partial charge in [0.2, 0.25) is 0 Å². The molecule has 0 heterocycles. The molecule has 2 heteroatoms. The van der Waals surface area contributed by atoms with Crippen LogP contribution in [-0.4, -0.2) is 6.54 Å². The van der Waals surface area contributed by atoms with Crippen molar-refractivity contribution in [3.05, 3.63) is 34.9 Å². The molecule has 0 radical (unpaired) electrons. The molecule has 1 aromatic carbocycles. The van der Waals surface area contributed by atoms with Crippen LogP contribution in [0.4, 0.5) is 0 Å². The molecule has 0 saturated carbocycles. The predicted octanol–water partition coefficient (Wildman–Crippen LogP) is 5.74. The Kier molecular flexibility index (Phi) is 8.94. The van der Waals surface area contributed by atoms with Gasteiger partial charge < -0.3 is 5.32 Å². The third kappa shape index (κ3) is 6.98. The summed E-state index contributed by atoms with van der Waals surface area (Å²) < 4.78 is 0. The van der Waals surface area contributed by atoms with Crippen LogP contribution in [0.3, 0.4) is 0 Å². The van der Waals surface area contributed by atoms with Gasteiger partial charge >= 0.3 is 0 Å². The Labute approximate surface area is 123 Å². The van der Waals surface area contributed by atoms with Gasteiger partial charge in [0.15, 0.2) is 0 Å². The molecule has 19 heavy (non-hydrogen) atoms. The summed E-state index contributed by atoms with van der Waals surface area (Å²) in [5, 5.41) is 4.41. The van der Waals surface area contributed by atoms with Gasteiger partial charge in [0, 0.05) is 11.1 Å². The third-order valence-electron chi connectivity index (χ3n) is 3.55. The first-order chi connectivity index (χ1) is 9.27. The van der Waals surface area contributed by atoms with Gasteiger partial charge in [0.05, 0.1) is 0 Å². The first kappa shape index (κ1) is 16.5. The SMILES string of the molecule is CCCCCCCCC(NCC)c1cccc(Cl)c1. The lowest BCUT2D eigenvalue weighted by Crippen LogP contribution is -2.20. The Morgan fingerprint density at radius 2 is 1.79 bits per heavy atom. The summed E-state index contributed by atoms with van der Waals surface area (Å²) in [5.74, 6) is 0. The molecular weight excluding hydrogens is 254 g/mol.